The zero-order valence-corrected chi connectivity index (χ0v) is 9.18. The van der Waals surface area contributed by atoms with Crippen LogP contribution in [0.1, 0.15) is 12.8 Å². The van der Waals surface area contributed by atoms with Crippen molar-refractivity contribution in [2.75, 3.05) is 18.1 Å². The molecule has 0 spiro atoms. The fourth-order valence-electron chi connectivity index (χ4n) is 1.65. The van der Waals surface area contributed by atoms with Crippen LogP contribution in [-0.4, -0.2) is 31.2 Å². The number of aryl methyl sites for hydroxylation is 1. The Morgan fingerprint density at radius 2 is 2.06 bits per heavy atom. The van der Waals surface area contributed by atoms with Crippen molar-refractivity contribution in [1.29, 1.82) is 0 Å². The smallest absolute Gasteiger partial charge is 0.280 e. The van der Waals surface area contributed by atoms with Crippen LogP contribution < -0.4 is 17.0 Å². The predicted octanol–water partition coefficient (Wildman–Crippen LogP) is -0.944. The lowest BCUT2D eigenvalue weighted by molar-refractivity contribution is 0.281. The molecule has 0 unspecified atom stereocenters. The first-order valence-corrected chi connectivity index (χ1v) is 5.26. The van der Waals surface area contributed by atoms with Crippen molar-refractivity contribution in [3.63, 3.8) is 0 Å². The third kappa shape index (κ3) is 2.07. The molecule has 17 heavy (non-hydrogen) atoms. The lowest BCUT2D eigenvalue weighted by Gasteiger charge is -2.04. The molecule has 2 heterocycles. The summed E-state index contributed by atoms with van der Waals surface area (Å²) in [6.45, 7) is 0.654. The highest BCUT2D eigenvalue weighted by molar-refractivity contribution is 5.73. The van der Waals surface area contributed by atoms with Crippen LogP contribution in [0.5, 0.6) is 0 Å². The summed E-state index contributed by atoms with van der Waals surface area (Å²) in [6, 6.07) is 0. The van der Waals surface area contributed by atoms with Crippen molar-refractivity contribution in [1.82, 2.24) is 19.5 Å². The summed E-state index contributed by atoms with van der Waals surface area (Å²) in [5.74, 6) is 0.257. The highest BCUT2D eigenvalue weighted by atomic mass is 16.2. The Bertz CT molecular complexity index is 587. The average Bonchev–Trinajstić information content (AvgIpc) is 2.57. The fourth-order valence-corrected chi connectivity index (χ4v) is 1.65. The molecule has 0 bridgehead atoms. The Labute approximate surface area is 96.3 Å². The van der Waals surface area contributed by atoms with Crippen molar-refractivity contribution in [2.24, 2.45) is 0 Å². The molecule has 0 atom stereocenters. The molecule has 0 aliphatic rings. The van der Waals surface area contributed by atoms with Gasteiger partial charge >= 0.3 is 0 Å². The molecule has 8 heteroatoms. The molecule has 2 aromatic rings. The molecule has 0 amide bonds. The molecular formula is C9H14N6O2. The summed E-state index contributed by atoms with van der Waals surface area (Å²) in [4.78, 5) is 21.9. The first kappa shape index (κ1) is 11.4. The molecule has 0 radical (unpaired) electrons. The zero-order valence-electron chi connectivity index (χ0n) is 9.18. The van der Waals surface area contributed by atoms with E-state index in [1.165, 1.54) is 0 Å². The van der Waals surface area contributed by atoms with E-state index in [1.54, 1.807) is 4.57 Å². The van der Waals surface area contributed by atoms with E-state index in [4.69, 9.17) is 16.6 Å². The number of nitrogens with zero attached hydrogens (tertiary/aromatic N) is 3. The zero-order chi connectivity index (χ0) is 12.4. The molecule has 0 aliphatic heterocycles. The van der Waals surface area contributed by atoms with Gasteiger partial charge in [0, 0.05) is 13.2 Å². The Hall–Kier alpha value is -2.09. The van der Waals surface area contributed by atoms with Crippen LogP contribution in [0.25, 0.3) is 11.2 Å². The summed E-state index contributed by atoms with van der Waals surface area (Å²) in [5, 5.41) is 8.72. The number of hydrogen-bond acceptors (Lipinski definition) is 6. The number of aromatic amines is 1. The lowest BCUT2D eigenvalue weighted by Crippen LogP contribution is -2.12. The summed E-state index contributed by atoms with van der Waals surface area (Å²) in [7, 11) is 0. The number of fused-ring (bicyclic) bond motifs is 1. The minimum atomic E-state index is -0.403. The summed E-state index contributed by atoms with van der Waals surface area (Å²) < 4.78 is 1.62. The Morgan fingerprint density at radius 1 is 1.29 bits per heavy atom. The maximum Gasteiger partial charge on any atom is 0.280 e. The number of nitrogens with two attached hydrogens (primary N) is 2. The summed E-state index contributed by atoms with van der Waals surface area (Å²) in [5.41, 5.74) is 11.3. The van der Waals surface area contributed by atoms with Gasteiger partial charge in [-0.2, -0.15) is 4.98 Å². The van der Waals surface area contributed by atoms with Crippen molar-refractivity contribution in [3.8, 4) is 0 Å². The number of H-pyrrole nitrogens is 1. The molecule has 0 saturated carbocycles. The Balaban J connectivity index is 2.47. The fraction of sp³-hybridized carbons (Fsp3) is 0.444. The molecule has 92 valence electrons. The number of aliphatic hydroxyl groups excluding tert-OH is 1. The normalized spacial score (nSPS) is 11.1. The molecule has 0 fully saturated rings. The van der Waals surface area contributed by atoms with E-state index in [-0.39, 0.29) is 24.0 Å². The van der Waals surface area contributed by atoms with E-state index < -0.39 is 5.56 Å². The number of aliphatic hydroxyl groups is 1. The number of nitrogen functional groups attached to an aromatic ring is 2. The van der Waals surface area contributed by atoms with Gasteiger partial charge in [0.05, 0.1) is 0 Å². The van der Waals surface area contributed by atoms with E-state index in [0.29, 0.717) is 18.6 Å². The van der Waals surface area contributed by atoms with Gasteiger partial charge in [-0.05, 0) is 12.8 Å². The second kappa shape index (κ2) is 4.42. The van der Waals surface area contributed by atoms with E-state index in [1.807, 2.05) is 0 Å². The Kier molecular flexibility index (Phi) is 2.96. The number of hydrogen-bond donors (Lipinski definition) is 4. The standard InChI is InChI=1S/C9H14N6O2/c10-8-13-6-5(7(17)14-8)12-9(11)15(6)3-1-2-4-16/h16H,1-4H2,(H2,11,12)(H3,10,13,14,17). The second-order valence-corrected chi connectivity index (χ2v) is 3.68. The Morgan fingerprint density at radius 3 is 2.76 bits per heavy atom. The van der Waals surface area contributed by atoms with Crippen LogP contribution >= 0.6 is 0 Å². The number of anilines is 2. The SMILES string of the molecule is Nc1nc2c(nc(N)n2CCCCO)c(=O)[nH]1. The molecule has 8 nitrogen and oxygen atoms in total. The third-order valence-electron chi connectivity index (χ3n) is 2.44. The van der Waals surface area contributed by atoms with Crippen LogP contribution in [0.2, 0.25) is 0 Å². The van der Waals surface area contributed by atoms with Gasteiger partial charge in [0.2, 0.25) is 11.9 Å². The van der Waals surface area contributed by atoms with E-state index in [2.05, 4.69) is 15.0 Å². The summed E-state index contributed by atoms with van der Waals surface area (Å²) in [6.07, 6.45) is 1.37. The van der Waals surface area contributed by atoms with Gasteiger partial charge in [0.1, 0.15) is 0 Å². The molecule has 6 N–H and O–H groups in total. The van der Waals surface area contributed by atoms with Crippen molar-refractivity contribution in [2.45, 2.75) is 19.4 Å². The molecule has 0 aromatic carbocycles. The molecular weight excluding hydrogens is 224 g/mol. The second-order valence-electron chi connectivity index (χ2n) is 3.68. The number of aromatic nitrogens is 4. The van der Waals surface area contributed by atoms with Crippen LogP contribution in [0.3, 0.4) is 0 Å². The van der Waals surface area contributed by atoms with Gasteiger partial charge in [0.25, 0.3) is 5.56 Å². The van der Waals surface area contributed by atoms with E-state index in [9.17, 15) is 4.79 Å². The van der Waals surface area contributed by atoms with Crippen LogP contribution in [0.4, 0.5) is 11.9 Å². The molecule has 2 rings (SSSR count). The highest BCUT2D eigenvalue weighted by Gasteiger charge is 2.12. The van der Waals surface area contributed by atoms with Gasteiger partial charge in [0.15, 0.2) is 11.2 Å². The monoisotopic (exact) mass is 238 g/mol. The first-order valence-electron chi connectivity index (χ1n) is 5.26. The number of nitrogens with one attached hydrogen (secondary N) is 1. The average molecular weight is 238 g/mol. The summed E-state index contributed by atoms with van der Waals surface area (Å²) >= 11 is 0. The van der Waals surface area contributed by atoms with E-state index >= 15 is 0 Å². The minimum absolute atomic E-state index is 0.0332. The quantitative estimate of drug-likeness (QED) is 0.507. The van der Waals surface area contributed by atoms with Crippen molar-refractivity contribution in [3.05, 3.63) is 10.4 Å². The van der Waals surface area contributed by atoms with E-state index in [0.717, 1.165) is 6.42 Å². The van der Waals surface area contributed by atoms with Crippen molar-refractivity contribution < 1.29 is 5.11 Å². The minimum Gasteiger partial charge on any atom is -0.396 e. The largest absolute Gasteiger partial charge is 0.396 e. The molecule has 0 saturated heterocycles. The predicted molar refractivity (Wildman–Crippen MR) is 63.3 cm³/mol. The topological polar surface area (TPSA) is 136 Å². The number of unbranched alkanes of at least 4 members (excludes halogenated alkanes) is 1. The van der Waals surface area contributed by atoms with Crippen LogP contribution in [0.15, 0.2) is 4.79 Å². The van der Waals surface area contributed by atoms with Crippen LogP contribution in [0, 0.1) is 0 Å². The van der Waals surface area contributed by atoms with Crippen molar-refractivity contribution >= 4 is 23.1 Å². The molecule has 0 aliphatic carbocycles. The van der Waals surface area contributed by atoms with Gasteiger partial charge in [-0.1, -0.05) is 0 Å². The van der Waals surface area contributed by atoms with Crippen LogP contribution in [-0.2, 0) is 6.54 Å². The van der Waals surface area contributed by atoms with Gasteiger partial charge in [-0.25, -0.2) is 4.98 Å². The maximum absolute atomic E-state index is 11.5. The maximum atomic E-state index is 11.5. The number of imidazole rings is 1. The highest BCUT2D eigenvalue weighted by Crippen LogP contribution is 2.13. The lowest BCUT2D eigenvalue weighted by atomic mass is 10.3. The first-order chi connectivity index (χ1) is 8.13. The van der Waals surface area contributed by atoms with Gasteiger partial charge in [-0.3, -0.25) is 14.3 Å². The van der Waals surface area contributed by atoms with Gasteiger partial charge in [-0.15, -0.1) is 0 Å². The number of rotatable bonds is 4. The van der Waals surface area contributed by atoms with Gasteiger partial charge < -0.3 is 16.6 Å². The molecule has 2 aromatic heterocycles. The third-order valence-corrected chi connectivity index (χ3v) is 2.44.